The number of benzene rings is 1. The summed E-state index contributed by atoms with van der Waals surface area (Å²) in [6.07, 6.45) is 0. The van der Waals surface area contributed by atoms with Gasteiger partial charge < -0.3 is 9.47 Å². The molecule has 0 radical (unpaired) electrons. The summed E-state index contributed by atoms with van der Waals surface area (Å²) in [6.45, 7) is 0.230. The normalized spacial score (nSPS) is 11.6. The van der Waals surface area contributed by atoms with Crippen LogP contribution in [0.3, 0.4) is 0 Å². The van der Waals surface area contributed by atoms with Crippen LogP contribution < -0.4 is 9.47 Å². The molecule has 0 amide bonds. The highest BCUT2D eigenvalue weighted by atomic mass is 32.2. The van der Waals surface area contributed by atoms with Crippen LogP contribution in [-0.2, 0) is 16.6 Å². The molecular formula is C14H17NO4S2. The van der Waals surface area contributed by atoms with E-state index in [2.05, 4.69) is 0 Å². The molecule has 114 valence electrons. The molecule has 0 bridgehead atoms. The van der Waals surface area contributed by atoms with E-state index in [1.807, 2.05) is 0 Å². The van der Waals surface area contributed by atoms with Crippen molar-refractivity contribution in [2.45, 2.75) is 10.8 Å². The van der Waals surface area contributed by atoms with Crippen LogP contribution in [-0.4, -0.2) is 34.0 Å². The van der Waals surface area contributed by atoms with Gasteiger partial charge in [0.2, 0.25) is 0 Å². The van der Waals surface area contributed by atoms with Crippen molar-refractivity contribution in [3.63, 3.8) is 0 Å². The van der Waals surface area contributed by atoms with Gasteiger partial charge in [-0.1, -0.05) is 12.1 Å². The number of hydrogen-bond acceptors (Lipinski definition) is 5. The van der Waals surface area contributed by atoms with Crippen LogP contribution in [0.15, 0.2) is 39.9 Å². The van der Waals surface area contributed by atoms with Gasteiger partial charge in [-0.15, -0.1) is 11.3 Å². The molecule has 0 aliphatic carbocycles. The Morgan fingerprint density at radius 1 is 1.19 bits per heavy atom. The molecule has 0 aliphatic heterocycles. The van der Waals surface area contributed by atoms with Crippen molar-refractivity contribution >= 4 is 21.4 Å². The SMILES string of the molecule is COc1ccc(CN(C)S(=O)(=O)c2cccs2)c(OC)c1. The first-order valence-electron chi connectivity index (χ1n) is 6.19. The Kier molecular flexibility index (Phi) is 4.87. The Morgan fingerprint density at radius 2 is 1.95 bits per heavy atom. The Balaban J connectivity index is 2.26. The second-order valence-electron chi connectivity index (χ2n) is 4.37. The molecule has 2 aromatic rings. The van der Waals surface area contributed by atoms with Gasteiger partial charge in [-0.3, -0.25) is 0 Å². The van der Waals surface area contributed by atoms with Gasteiger partial charge in [0.15, 0.2) is 0 Å². The topological polar surface area (TPSA) is 55.8 Å². The van der Waals surface area contributed by atoms with Gasteiger partial charge in [-0.2, -0.15) is 4.31 Å². The second kappa shape index (κ2) is 6.46. The zero-order valence-electron chi connectivity index (χ0n) is 12.1. The highest BCUT2D eigenvalue weighted by Gasteiger charge is 2.22. The second-order valence-corrected chi connectivity index (χ2v) is 7.59. The van der Waals surface area contributed by atoms with Crippen molar-refractivity contribution in [3.8, 4) is 11.5 Å². The van der Waals surface area contributed by atoms with Crippen LogP contribution in [0.5, 0.6) is 11.5 Å². The van der Waals surface area contributed by atoms with Crippen LogP contribution in [0.4, 0.5) is 0 Å². The van der Waals surface area contributed by atoms with Gasteiger partial charge in [-0.05, 0) is 17.5 Å². The van der Waals surface area contributed by atoms with Crippen molar-refractivity contribution in [1.29, 1.82) is 0 Å². The number of rotatable bonds is 6. The first-order chi connectivity index (χ1) is 9.98. The summed E-state index contributed by atoms with van der Waals surface area (Å²) in [5, 5.41) is 1.74. The smallest absolute Gasteiger partial charge is 0.252 e. The maximum absolute atomic E-state index is 12.4. The molecule has 0 saturated heterocycles. The van der Waals surface area contributed by atoms with E-state index in [-0.39, 0.29) is 6.54 Å². The third-order valence-electron chi connectivity index (χ3n) is 3.05. The Morgan fingerprint density at radius 3 is 2.52 bits per heavy atom. The van der Waals surface area contributed by atoms with Crippen molar-refractivity contribution in [3.05, 3.63) is 41.3 Å². The molecule has 0 N–H and O–H groups in total. The quantitative estimate of drug-likeness (QED) is 0.818. The third-order valence-corrected chi connectivity index (χ3v) is 6.22. The molecule has 7 heteroatoms. The van der Waals surface area contributed by atoms with Crippen molar-refractivity contribution in [2.24, 2.45) is 0 Å². The molecule has 0 atom stereocenters. The zero-order valence-corrected chi connectivity index (χ0v) is 13.7. The zero-order chi connectivity index (χ0) is 15.5. The standard InChI is InChI=1S/C14H17NO4S2/c1-15(21(16,17)14-5-4-8-20-14)10-11-6-7-12(18-2)9-13(11)19-3/h4-9H,10H2,1-3H3. The van der Waals surface area contributed by atoms with E-state index in [0.717, 1.165) is 5.56 Å². The van der Waals surface area contributed by atoms with E-state index in [0.29, 0.717) is 15.7 Å². The lowest BCUT2D eigenvalue weighted by molar-refractivity contribution is 0.384. The highest BCUT2D eigenvalue weighted by molar-refractivity contribution is 7.91. The Hall–Kier alpha value is -1.57. The molecule has 0 saturated carbocycles. The molecule has 21 heavy (non-hydrogen) atoms. The van der Waals surface area contributed by atoms with E-state index in [1.165, 1.54) is 15.6 Å². The van der Waals surface area contributed by atoms with Gasteiger partial charge in [0, 0.05) is 25.2 Å². The van der Waals surface area contributed by atoms with E-state index >= 15 is 0 Å². The van der Waals surface area contributed by atoms with Crippen LogP contribution in [0, 0.1) is 0 Å². The molecule has 0 fully saturated rings. The summed E-state index contributed by atoms with van der Waals surface area (Å²) < 4.78 is 36.8. The predicted molar refractivity (Wildman–Crippen MR) is 82.5 cm³/mol. The molecular weight excluding hydrogens is 310 g/mol. The maximum Gasteiger partial charge on any atom is 0.252 e. The van der Waals surface area contributed by atoms with Crippen LogP contribution in [0.25, 0.3) is 0 Å². The van der Waals surface area contributed by atoms with Gasteiger partial charge in [0.1, 0.15) is 15.7 Å². The molecule has 1 heterocycles. The molecule has 1 aromatic carbocycles. The molecule has 0 spiro atoms. The summed E-state index contributed by atoms with van der Waals surface area (Å²) >= 11 is 1.20. The van der Waals surface area contributed by atoms with Gasteiger partial charge >= 0.3 is 0 Å². The number of hydrogen-bond donors (Lipinski definition) is 0. The van der Waals surface area contributed by atoms with Crippen LogP contribution in [0.1, 0.15) is 5.56 Å². The number of sulfonamides is 1. The average Bonchev–Trinajstić information content (AvgIpc) is 3.02. The molecule has 2 rings (SSSR count). The number of thiophene rings is 1. The summed E-state index contributed by atoms with van der Waals surface area (Å²) in [4.78, 5) is 0. The van der Waals surface area contributed by atoms with Crippen molar-refractivity contribution < 1.29 is 17.9 Å². The molecule has 5 nitrogen and oxygen atoms in total. The minimum absolute atomic E-state index is 0.230. The molecule has 0 unspecified atom stereocenters. The van der Waals surface area contributed by atoms with Gasteiger partial charge in [0.25, 0.3) is 10.0 Å². The number of methoxy groups -OCH3 is 2. The van der Waals surface area contributed by atoms with Crippen molar-refractivity contribution in [2.75, 3.05) is 21.3 Å². The first-order valence-corrected chi connectivity index (χ1v) is 8.51. The van der Waals surface area contributed by atoms with E-state index < -0.39 is 10.0 Å². The monoisotopic (exact) mass is 327 g/mol. The highest BCUT2D eigenvalue weighted by Crippen LogP contribution is 2.28. The lowest BCUT2D eigenvalue weighted by atomic mass is 10.2. The molecule has 1 aromatic heterocycles. The lowest BCUT2D eigenvalue weighted by Gasteiger charge is -2.18. The van der Waals surface area contributed by atoms with E-state index in [9.17, 15) is 8.42 Å². The molecule has 0 aliphatic rings. The predicted octanol–water partition coefficient (Wildman–Crippen LogP) is 2.59. The Labute approximate surface area is 128 Å². The minimum atomic E-state index is -3.47. The summed E-state index contributed by atoms with van der Waals surface area (Å²) in [5.74, 6) is 1.27. The maximum atomic E-state index is 12.4. The number of nitrogens with zero attached hydrogens (tertiary/aromatic N) is 1. The Bertz CT molecular complexity index is 696. The summed E-state index contributed by atoms with van der Waals surface area (Å²) in [7, 11) is 1.20. The number of ether oxygens (including phenoxy) is 2. The fourth-order valence-electron chi connectivity index (χ4n) is 1.87. The van der Waals surface area contributed by atoms with Crippen LogP contribution >= 0.6 is 11.3 Å². The largest absolute Gasteiger partial charge is 0.497 e. The van der Waals surface area contributed by atoms with Gasteiger partial charge in [0.05, 0.1) is 14.2 Å². The van der Waals surface area contributed by atoms with Crippen LogP contribution in [0.2, 0.25) is 0 Å². The average molecular weight is 327 g/mol. The first kappa shape index (κ1) is 15.8. The fraction of sp³-hybridized carbons (Fsp3) is 0.286. The van der Waals surface area contributed by atoms with Gasteiger partial charge in [-0.25, -0.2) is 8.42 Å². The fourth-order valence-corrected chi connectivity index (χ4v) is 4.22. The summed E-state index contributed by atoms with van der Waals surface area (Å²) in [5.41, 5.74) is 0.779. The third kappa shape index (κ3) is 3.37. The van der Waals surface area contributed by atoms with E-state index in [4.69, 9.17) is 9.47 Å². The minimum Gasteiger partial charge on any atom is -0.497 e. The van der Waals surface area contributed by atoms with E-state index in [1.54, 1.807) is 57.0 Å². The summed E-state index contributed by atoms with van der Waals surface area (Å²) in [6, 6.07) is 8.64. The lowest BCUT2D eigenvalue weighted by Crippen LogP contribution is -2.26. The van der Waals surface area contributed by atoms with Crippen molar-refractivity contribution in [1.82, 2.24) is 4.31 Å².